The summed E-state index contributed by atoms with van der Waals surface area (Å²) in [6.07, 6.45) is 4.30. The molecular weight excluding hydrogens is 396 g/mol. The van der Waals surface area contributed by atoms with Crippen LogP contribution in [0.15, 0.2) is 39.4 Å². The van der Waals surface area contributed by atoms with Crippen molar-refractivity contribution in [1.82, 2.24) is 4.98 Å². The first-order valence-electron chi connectivity index (χ1n) is 6.96. The van der Waals surface area contributed by atoms with Crippen LogP contribution < -0.4 is 11.1 Å². The van der Waals surface area contributed by atoms with Gasteiger partial charge >= 0.3 is 0 Å². The van der Waals surface area contributed by atoms with Crippen molar-refractivity contribution in [2.24, 2.45) is 10.7 Å². The first kappa shape index (κ1) is 16.5. The van der Waals surface area contributed by atoms with Crippen LogP contribution in [0.3, 0.4) is 0 Å². The van der Waals surface area contributed by atoms with Crippen LogP contribution in [0.4, 0.5) is 5.69 Å². The third-order valence-electron chi connectivity index (χ3n) is 3.64. The number of thiophene rings is 1. The lowest BCUT2D eigenvalue weighted by atomic mass is 9.91. The van der Waals surface area contributed by atoms with Crippen molar-refractivity contribution < 1.29 is 4.79 Å². The predicted molar refractivity (Wildman–Crippen MR) is 100 cm³/mol. The van der Waals surface area contributed by atoms with Crippen molar-refractivity contribution in [3.05, 3.63) is 44.8 Å². The molecule has 120 valence electrons. The number of aromatic nitrogens is 1. The SMILES string of the molecule is C[C@@]1(c2cncc(NC(=O)c3sccc3Br)c2)CCSC(N)=N1. The Balaban J connectivity index is 1.85. The maximum Gasteiger partial charge on any atom is 0.266 e. The summed E-state index contributed by atoms with van der Waals surface area (Å²) < 4.78 is 0.790. The van der Waals surface area contributed by atoms with Crippen molar-refractivity contribution in [2.45, 2.75) is 18.9 Å². The Kier molecular flexibility index (Phi) is 4.74. The number of nitrogens with two attached hydrogens (primary N) is 1. The first-order chi connectivity index (χ1) is 11.0. The number of aliphatic imine (C=N–C) groups is 1. The van der Waals surface area contributed by atoms with Gasteiger partial charge in [0.15, 0.2) is 5.17 Å². The van der Waals surface area contributed by atoms with E-state index in [1.165, 1.54) is 11.3 Å². The van der Waals surface area contributed by atoms with Crippen LogP contribution in [-0.4, -0.2) is 21.8 Å². The molecule has 3 heterocycles. The van der Waals surface area contributed by atoms with Gasteiger partial charge in [0.25, 0.3) is 5.91 Å². The van der Waals surface area contributed by atoms with Crippen LogP contribution in [0.2, 0.25) is 0 Å². The number of nitrogens with one attached hydrogen (secondary N) is 1. The zero-order valence-electron chi connectivity index (χ0n) is 12.4. The minimum absolute atomic E-state index is 0.154. The van der Waals surface area contributed by atoms with E-state index in [0.29, 0.717) is 15.7 Å². The van der Waals surface area contributed by atoms with E-state index >= 15 is 0 Å². The van der Waals surface area contributed by atoms with Crippen LogP contribution in [0.25, 0.3) is 0 Å². The van der Waals surface area contributed by atoms with Gasteiger partial charge in [-0.15, -0.1) is 11.3 Å². The Morgan fingerprint density at radius 3 is 3.00 bits per heavy atom. The number of rotatable bonds is 3. The Hall–Kier alpha value is -1.38. The van der Waals surface area contributed by atoms with Gasteiger partial charge < -0.3 is 11.1 Å². The number of carbonyl (C=O) groups is 1. The average Bonchev–Trinajstić information content (AvgIpc) is 2.93. The Morgan fingerprint density at radius 2 is 2.30 bits per heavy atom. The summed E-state index contributed by atoms with van der Waals surface area (Å²) in [6.45, 7) is 2.04. The molecule has 0 spiro atoms. The number of hydrogen-bond donors (Lipinski definition) is 2. The lowest BCUT2D eigenvalue weighted by Gasteiger charge is -2.29. The molecule has 0 aromatic carbocycles. The summed E-state index contributed by atoms with van der Waals surface area (Å²) >= 11 is 6.32. The molecule has 0 aliphatic carbocycles. The molecule has 8 heteroatoms. The molecule has 1 aliphatic heterocycles. The van der Waals surface area contributed by atoms with Gasteiger partial charge in [-0.3, -0.25) is 14.8 Å². The maximum atomic E-state index is 12.3. The van der Waals surface area contributed by atoms with E-state index < -0.39 is 5.54 Å². The van der Waals surface area contributed by atoms with Crippen LogP contribution in [0.5, 0.6) is 0 Å². The number of nitrogens with zero attached hydrogens (tertiary/aromatic N) is 2. The molecule has 0 bridgehead atoms. The molecule has 0 unspecified atom stereocenters. The highest BCUT2D eigenvalue weighted by Gasteiger charge is 2.30. The standard InChI is InChI=1S/C15H15BrN4OS2/c1-15(3-5-23-14(17)20-15)9-6-10(8-18-7-9)19-13(21)12-11(16)2-4-22-12/h2,4,6-8H,3,5H2,1H3,(H2,17,20)(H,19,21)/t15-/m0/s1. The van der Waals surface area contributed by atoms with E-state index in [9.17, 15) is 4.79 Å². The lowest BCUT2D eigenvalue weighted by molar-refractivity contribution is 0.103. The molecule has 2 aromatic rings. The predicted octanol–water partition coefficient (Wildman–Crippen LogP) is 3.82. The number of amides is 1. The van der Waals surface area contributed by atoms with Crippen molar-refractivity contribution >= 4 is 55.8 Å². The zero-order valence-corrected chi connectivity index (χ0v) is 15.6. The van der Waals surface area contributed by atoms with Gasteiger partial charge in [0, 0.05) is 16.4 Å². The largest absolute Gasteiger partial charge is 0.379 e. The molecule has 2 aromatic heterocycles. The quantitative estimate of drug-likeness (QED) is 0.805. The zero-order chi connectivity index (χ0) is 16.4. The van der Waals surface area contributed by atoms with E-state index in [4.69, 9.17) is 5.73 Å². The monoisotopic (exact) mass is 410 g/mol. The third kappa shape index (κ3) is 3.59. The number of hydrogen-bond acceptors (Lipinski definition) is 6. The van der Waals surface area contributed by atoms with Crippen LogP contribution in [-0.2, 0) is 5.54 Å². The van der Waals surface area contributed by atoms with Crippen LogP contribution >= 0.6 is 39.0 Å². The topological polar surface area (TPSA) is 80.4 Å². The van der Waals surface area contributed by atoms with Gasteiger partial charge in [0.05, 0.1) is 17.4 Å². The van der Waals surface area contributed by atoms with E-state index in [0.717, 1.165) is 22.2 Å². The number of thioether (sulfide) groups is 1. The minimum Gasteiger partial charge on any atom is -0.379 e. The molecule has 0 saturated heterocycles. The molecule has 3 N–H and O–H groups in total. The Labute approximate surface area is 150 Å². The fourth-order valence-corrected chi connectivity index (χ4v) is 4.76. The summed E-state index contributed by atoms with van der Waals surface area (Å²) in [5.74, 6) is 0.767. The van der Waals surface area contributed by atoms with Crippen molar-refractivity contribution in [3.8, 4) is 0 Å². The number of halogens is 1. The fraction of sp³-hybridized carbons (Fsp3) is 0.267. The highest BCUT2D eigenvalue weighted by molar-refractivity contribution is 9.10. The van der Waals surface area contributed by atoms with Gasteiger partial charge in [-0.1, -0.05) is 11.8 Å². The van der Waals surface area contributed by atoms with Crippen molar-refractivity contribution in [2.75, 3.05) is 11.1 Å². The minimum atomic E-state index is -0.396. The van der Waals surface area contributed by atoms with Crippen LogP contribution in [0, 0.1) is 0 Å². The van der Waals surface area contributed by atoms with Crippen molar-refractivity contribution in [3.63, 3.8) is 0 Å². The molecular formula is C15H15BrN4OS2. The van der Waals surface area contributed by atoms with E-state index in [-0.39, 0.29) is 5.91 Å². The number of amidine groups is 1. The second kappa shape index (κ2) is 6.62. The molecule has 0 fully saturated rings. The molecule has 23 heavy (non-hydrogen) atoms. The summed E-state index contributed by atoms with van der Waals surface area (Å²) in [6, 6.07) is 3.77. The maximum absolute atomic E-state index is 12.3. The van der Waals surface area contributed by atoms with E-state index in [1.54, 1.807) is 24.2 Å². The Morgan fingerprint density at radius 1 is 1.48 bits per heavy atom. The van der Waals surface area contributed by atoms with Crippen LogP contribution in [0.1, 0.15) is 28.6 Å². The molecule has 1 aliphatic rings. The highest BCUT2D eigenvalue weighted by Crippen LogP contribution is 2.35. The Bertz CT molecular complexity index is 776. The normalized spacial score (nSPS) is 20.9. The van der Waals surface area contributed by atoms with Gasteiger partial charge in [0.2, 0.25) is 0 Å². The summed E-state index contributed by atoms with van der Waals surface area (Å²) in [5, 5.41) is 5.35. The molecule has 3 rings (SSSR count). The van der Waals surface area contributed by atoms with E-state index in [2.05, 4.69) is 31.2 Å². The van der Waals surface area contributed by atoms with Gasteiger partial charge in [-0.05, 0) is 52.4 Å². The fourth-order valence-electron chi connectivity index (χ4n) is 2.34. The smallest absolute Gasteiger partial charge is 0.266 e. The molecule has 0 radical (unpaired) electrons. The molecule has 0 saturated carbocycles. The number of carbonyl (C=O) groups excluding carboxylic acids is 1. The van der Waals surface area contributed by atoms with Gasteiger partial charge in [0.1, 0.15) is 4.88 Å². The lowest BCUT2D eigenvalue weighted by Crippen LogP contribution is -2.29. The number of anilines is 1. The van der Waals surface area contributed by atoms with E-state index in [1.807, 2.05) is 24.4 Å². The second-order valence-electron chi connectivity index (χ2n) is 5.34. The number of pyridine rings is 1. The van der Waals surface area contributed by atoms with Crippen molar-refractivity contribution in [1.29, 1.82) is 0 Å². The highest BCUT2D eigenvalue weighted by atomic mass is 79.9. The summed E-state index contributed by atoms with van der Waals surface area (Å²) in [4.78, 5) is 21.8. The molecule has 1 amide bonds. The molecule has 1 atom stereocenters. The summed E-state index contributed by atoms with van der Waals surface area (Å²) in [5.41, 5.74) is 7.07. The first-order valence-corrected chi connectivity index (χ1v) is 9.62. The third-order valence-corrected chi connectivity index (χ3v) is 6.27. The second-order valence-corrected chi connectivity index (χ2v) is 8.22. The van der Waals surface area contributed by atoms with Gasteiger partial charge in [-0.2, -0.15) is 0 Å². The molecule has 5 nitrogen and oxygen atoms in total. The summed E-state index contributed by atoms with van der Waals surface area (Å²) in [7, 11) is 0. The average molecular weight is 411 g/mol. The van der Waals surface area contributed by atoms with Gasteiger partial charge in [-0.25, -0.2) is 0 Å².